The van der Waals surface area contributed by atoms with Crippen LogP contribution in [0.3, 0.4) is 0 Å². The number of benzene rings is 2. The van der Waals surface area contributed by atoms with Crippen LogP contribution >= 0.6 is 0 Å². The number of amides is 1. The van der Waals surface area contributed by atoms with E-state index in [-0.39, 0.29) is 10.8 Å². The first-order chi connectivity index (χ1) is 14.3. The van der Waals surface area contributed by atoms with Crippen molar-refractivity contribution in [3.63, 3.8) is 0 Å². The van der Waals surface area contributed by atoms with Crippen molar-refractivity contribution in [3.05, 3.63) is 54.1 Å². The molecule has 0 aliphatic carbocycles. The Hall–Kier alpha value is -3.04. The van der Waals surface area contributed by atoms with Gasteiger partial charge < -0.3 is 4.90 Å². The van der Waals surface area contributed by atoms with Crippen LogP contribution in [0.25, 0.3) is 11.0 Å². The van der Waals surface area contributed by atoms with Crippen LogP contribution < -0.4 is 9.80 Å². The molecule has 9 heteroatoms. The predicted octanol–water partition coefficient (Wildman–Crippen LogP) is 2.37. The fourth-order valence-corrected chi connectivity index (χ4v) is 4.40. The molecular formula is C21H23N5O3S. The summed E-state index contributed by atoms with van der Waals surface area (Å²) in [5, 5.41) is 0. The van der Waals surface area contributed by atoms with Gasteiger partial charge in [-0.05, 0) is 36.8 Å². The zero-order valence-corrected chi connectivity index (χ0v) is 17.9. The lowest BCUT2D eigenvalue weighted by Crippen LogP contribution is -2.32. The second-order valence-corrected chi connectivity index (χ2v) is 9.56. The summed E-state index contributed by atoms with van der Waals surface area (Å²) < 4.78 is 26.1. The van der Waals surface area contributed by atoms with Crippen LogP contribution in [0.1, 0.15) is 16.8 Å². The standard InChI is InChI=1S/C21H23N5O3S/c1-24(2)30(28,29)16-9-6-8-15(14-16)21(27)26-13-7-12-25(3)19-20(26)23-18-11-5-4-10-17(18)22-19/h4-6,8-11,14H,7,12-13H2,1-3H3. The third-order valence-electron chi connectivity index (χ3n) is 5.13. The smallest absolute Gasteiger partial charge is 0.259 e. The van der Waals surface area contributed by atoms with Crippen molar-refractivity contribution in [1.29, 1.82) is 0 Å². The second kappa shape index (κ2) is 7.66. The lowest BCUT2D eigenvalue weighted by molar-refractivity contribution is 0.0986. The molecule has 0 unspecified atom stereocenters. The van der Waals surface area contributed by atoms with Gasteiger partial charge in [0.25, 0.3) is 5.91 Å². The van der Waals surface area contributed by atoms with E-state index in [1.54, 1.807) is 17.0 Å². The van der Waals surface area contributed by atoms with Gasteiger partial charge in [-0.3, -0.25) is 9.69 Å². The fraction of sp³-hybridized carbons (Fsp3) is 0.286. The van der Waals surface area contributed by atoms with Crippen molar-refractivity contribution in [2.45, 2.75) is 11.3 Å². The van der Waals surface area contributed by atoms with E-state index >= 15 is 0 Å². The lowest BCUT2D eigenvalue weighted by Gasteiger charge is -2.23. The monoisotopic (exact) mass is 425 g/mol. The van der Waals surface area contributed by atoms with Crippen LogP contribution in [-0.2, 0) is 10.0 Å². The van der Waals surface area contributed by atoms with Gasteiger partial charge >= 0.3 is 0 Å². The zero-order chi connectivity index (χ0) is 21.5. The Morgan fingerprint density at radius 3 is 2.30 bits per heavy atom. The van der Waals surface area contributed by atoms with Gasteiger partial charge in [-0.25, -0.2) is 22.7 Å². The highest BCUT2D eigenvalue weighted by molar-refractivity contribution is 7.89. The number of fused-ring (bicyclic) bond motifs is 2. The topological polar surface area (TPSA) is 86.7 Å². The first-order valence-electron chi connectivity index (χ1n) is 9.61. The fourth-order valence-electron chi connectivity index (χ4n) is 3.45. The highest BCUT2D eigenvalue weighted by Crippen LogP contribution is 2.31. The van der Waals surface area contributed by atoms with Crippen LogP contribution in [0.5, 0.6) is 0 Å². The minimum absolute atomic E-state index is 0.0788. The van der Waals surface area contributed by atoms with Crippen LogP contribution in [-0.4, -0.2) is 62.8 Å². The van der Waals surface area contributed by atoms with Crippen LogP contribution in [0, 0.1) is 0 Å². The molecule has 0 N–H and O–H groups in total. The molecule has 0 fully saturated rings. The van der Waals surface area contributed by atoms with Crippen molar-refractivity contribution in [2.24, 2.45) is 0 Å². The average Bonchev–Trinajstić information content (AvgIpc) is 2.90. The van der Waals surface area contributed by atoms with E-state index in [1.165, 1.54) is 26.2 Å². The Labute approximate surface area is 175 Å². The highest BCUT2D eigenvalue weighted by atomic mass is 32.2. The number of para-hydroxylation sites is 2. The van der Waals surface area contributed by atoms with Crippen molar-refractivity contribution < 1.29 is 13.2 Å². The average molecular weight is 426 g/mol. The third kappa shape index (κ3) is 3.50. The van der Waals surface area contributed by atoms with Crippen LogP contribution in [0.2, 0.25) is 0 Å². The molecule has 0 atom stereocenters. The molecule has 4 rings (SSSR count). The van der Waals surface area contributed by atoms with Gasteiger partial charge in [-0.15, -0.1) is 0 Å². The number of aromatic nitrogens is 2. The summed E-state index contributed by atoms with van der Waals surface area (Å²) in [5.41, 5.74) is 1.76. The number of nitrogens with zero attached hydrogens (tertiary/aromatic N) is 5. The summed E-state index contributed by atoms with van der Waals surface area (Å²) in [4.78, 5) is 26.6. The Balaban J connectivity index is 1.81. The van der Waals surface area contributed by atoms with Gasteiger partial charge in [-0.1, -0.05) is 18.2 Å². The van der Waals surface area contributed by atoms with E-state index in [4.69, 9.17) is 9.97 Å². The first kappa shape index (κ1) is 20.2. The minimum Gasteiger partial charge on any atom is -0.357 e. The van der Waals surface area contributed by atoms with Crippen molar-refractivity contribution >= 4 is 38.6 Å². The van der Waals surface area contributed by atoms with E-state index < -0.39 is 10.0 Å². The molecular weight excluding hydrogens is 402 g/mol. The van der Waals surface area contributed by atoms with E-state index in [9.17, 15) is 13.2 Å². The molecule has 156 valence electrons. The zero-order valence-electron chi connectivity index (χ0n) is 17.1. The van der Waals surface area contributed by atoms with Gasteiger partial charge in [0.1, 0.15) is 0 Å². The maximum atomic E-state index is 13.4. The van der Waals surface area contributed by atoms with Gasteiger partial charge in [0, 0.05) is 39.8 Å². The number of anilines is 2. The van der Waals surface area contributed by atoms with E-state index in [2.05, 4.69) is 0 Å². The van der Waals surface area contributed by atoms with Crippen LogP contribution in [0.15, 0.2) is 53.4 Å². The number of rotatable bonds is 3. The maximum absolute atomic E-state index is 13.4. The van der Waals surface area contributed by atoms with Gasteiger partial charge in [0.15, 0.2) is 11.6 Å². The molecule has 2 heterocycles. The summed E-state index contributed by atoms with van der Waals surface area (Å²) >= 11 is 0. The first-order valence-corrected chi connectivity index (χ1v) is 11.1. The molecule has 0 saturated carbocycles. The third-order valence-corrected chi connectivity index (χ3v) is 6.94. The molecule has 1 aliphatic heterocycles. The summed E-state index contributed by atoms with van der Waals surface area (Å²) in [6.45, 7) is 1.20. The van der Waals surface area contributed by atoms with Gasteiger partial charge in [0.05, 0.1) is 15.9 Å². The molecule has 0 saturated heterocycles. The Morgan fingerprint density at radius 2 is 1.63 bits per heavy atom. The number of hydrogen-bond donors (Lipinski definition) is 0. The molecule has 8 nitrogen and oxygen atoms in total. The van der Waals surface area contributed by atoms with Gasteiger partial charge in [0.2, 0.25) is 10.0 Å². The van der Waals surface area contributed by atoms with Gasteiger partial charge in [-0.2, -0.15) is 0 Å². The summed E-state index contributed by atoms with van der Waals surface area (Å²) in [7, 11) is 1.22. The van der Waals surface area contributed by atoms with Crippen molar-refractivity contribution in [2.75, 3.05) is 44.0 Å². The molecule has 0 radical (unpaired) electrons. The molecule has 1 amide bonds. The van der Waals surface area contributed by atoms with Crippen molar-refractivity contribution in [3.8, 4) is 0 Å². The number of sulfonamides is 1. The molecule has 1 aliphatic rings. The number of hydrogen-bond acceptors (Lipinski definition) is 6. The summed E-state index contributed by atoms with van der Waals surface area (Å²) in [6, 6.07) is 13.7. The van der Waals surface area contributed by atoms with Crippen molar-refractivity contribution in [1.82, 2.24) is 14.3 Å². The second-order valence-electron chi connectivity index (χ2n) is 7.41. The molecule has 2 aromatic carbocycles. The summed E-state index contributed by atoms with van der Waals surface area (Å²) in [6.07, 6.45) is 0.742. The molecule has 0 spiro atoms. The highest BCUT2D eigenvalue weighted by Gasteiger charge is 2.28. The normalized spacial score (nSPS) is 14.7. The van der Waals surface area contributed by atoms with E-state index in [0.29, 0.717) is 29.3 Å². The largest absolute Gasteiger partial charge is 0.357 e. The molecule has 0 bridgehead atoms. The Bertz CT molecular complexity index is 1230. The number of carbonyl (C=O) groups excluding carboxylic acids is 1. The predicted molar refractivity (Wildman–Crippen MR) is 116 cm³/mol. The lowest BCUT2D eigenvalue weighted by atomic mass is 10.2. The SMILES string of the molecule is CN1CCCN(C(=O)c2cccc(S(=O)(=O)N(C)C)c2)c2nc3ccccc3nc21. The molecule has 30 heavy (non-hydrogen) atoms. The van der Waals surface area contributed by atoms with E-state index in [0.717, 1.165) is 22.8 Å². The number of carbonyl (C=O) groups is 1. The Morgan fingerprint density at radius 1 is 0.967 bits per heavy atom. The molecule has 3 aromatic rings. The summed E-state index contributed by atoms with van der Waals surface area (Å²) in [5.74, 6) is 0.822. The van der Waals surface area contributed by atoms with E-state index in [1.807, 2.05) is 36.2 Å². The molecule has 1 aromatic heterocycles. The maximum Gasteiger partial charge on any atom is 0.259 e. The Kier molecular flexibility index (Phi) is 5.17. The quantitative estimate of drug-likeness (QED) is 0.640. The minimum atomic E-state index is -3.64. The van der Waals surface area contributed by atoms with Crippen LogP contribution in [0.4, 0.5) is 11.6 Å².